The maximum Gasteiger partial charge on any atom is 0.0249 e. The fraction of sp³-hybridized carbons (Fsp3) is 0.154. The van der Waals surface area contributed by atoms with Crippen molar-refractivity contribution in [2.75, 3.05) is 0 Å². The second-order valence-corrected chi connectivity index (χ2v) is 7.27. The molecule has 3 aromatic rings. The molecule has 0 nitrogen and oxygen atoms in total. The van der Waals surface area contributed by atoms with Crippen LogP contribution < -0.4 is 0 Å². The Balaban J connectivity index is 1.71. The van der Waals surface area contributed by atoms with Crippen molar-refractivity contribution in [2.24, 2.45) is 0 Å². The molecule has 0 aliphatic heterocycles. The summed E-state index contributed by atoms with van der Waals surface area (Å²) in [6.45, 7) is 6.65. The standard InChI is InChI=1S/C26H22/c1-26(2,3)25-19-17-24(18-20-25)16-15-23-13-11-22(12-14-23)10-9-21-7-5-4-6-8-21/h4-8,11-14,17-20H,1-3H3. The third-order valence-electron chi connectivity index (χ3n) is 4.11. The second kappa shape index (κ2) is 7.77. The average Bonchev–Trinajstić information content (AvgIpc) is 2.66. The van der Waals surface area contributed by atoms with E-state index in [1.54, 1.807) is 0 Å². The SMILES string of the molecule is CC(C)(C)c1ccc(C#Cc2ccc(C#Cc3ccccc3)cc2)cc1. The van der Waals surface area contributed by atoms with E-state index < -0.39 is 0 Å². The highest BCUT2D eigenvalue weighted by Gasteiger charge is 2.12. The van der Waals surface area contributed by atoms with Gasteiger partial charge in [0, 0.05) is 22.3 Å². The molecule has 26 heavy (non-hydrogen) atoms. The largest absolute Gasteiger partial charge is 0.0622 e. The summed E-state index contributed by atoms with van der Waals surface area (Å²) in [6, 6.07) is 26.6. The monoisotopic (exact) mass is 334 g/mol. The maximum atomic E-state index is 3.23. The van der Waals surface area contributed by atoms with Crippen molar-refractivity contribution < 1.29 is 0 Å². The van der Waals surface area contributed by atoms with Gasteiger partial charge in [-0.15, -0.1) is 0 Å². The summed E-state index contributed by atoms with van der Waals surface area (Å²) in [5.41, 5.74) is 5.54. The van der Waals surface area contributed by atoms with Crippen molar-refractivity contribution in [3.8, 4) is 23.7 Å². The Kier molecular flexibility index (Phi) is 5.26. The lowest BCUT2D eigenvalue weighted by atomic mass is 9.87. The van der Waals surface area contributed by atoms with E-state index in [0.29, 0.717) is 0 Å². The molecule has 0 bridgehead atoms. The number of rotatable bonds is 0. The van der Waals surface area contributed by atoms with E-state index in [0.717, 1.165) is 22.3 Å². The number of benzene rings is 3. The summed E-state index contributed by atoms with van der Waals surface area (Å²) in [6.07, 6.45) is 0. The predicted molar refractivity (Wildman–Crippen MR) is 110 cm³/mol. The summed E-state index contributed by atoms with van der Waals surface area (Å²) in [5, 5.41) is 0. The Morgan fingerprint density at radius 2 is 0.808 bits per heavy atom. The fourth-order valence-corrected chi connectivity index (χ4v) is 2.50. The van der Waals surface area contributed by atoms with Gasteiger partial charge < -0.3 is 0 Å². The smallest absolute Gasteiger partial charge is 0.0249 e. The minimum atomic E-state index is 0.169. The van der Waals surface area contributed by atoms with E-state index >= 15 is 0 Å². The van der Waals surface area contributed by atoms with Crippen LogP contribution in [0.2, 0.25) is 0 Å². The topological polar surface area (TPSA) is 0 Å². The van der Waals surface area contributed by atoms with Crippen LogP contribution in [-0.4, -0.2) is 0 Å². The van der Waals surface area contributed by atoms with Gasteiger partial charge in [0.25, 0.3) is 0 Å². The summed E-state index contributed by atoms with van der Waals surface area (Å²) in [4.78, 5) is 0. The molecular formula is C26H22. The molecule has 0 atom stereocenters. The van der Waals surface area contributed by atoms with Crippen LogP contribution in [0, 0.1) is 23.7 Å². The highest BCUT2D eigenvalue weighted by molar-refractivity contribution is 5.48. The van der Waals surface area contributed by atoms with Crippen molar-refractivity contribution in [1.29, 1.82) is 0 Å². The molecule has 0 unspecified atom stereocenters. The van der Waals surface area contributed by atoms with Gasteiger partial charge in [-0.25, -0.2) is 0 Å². The van der Waals surface area contributed by atoms with E-state index in [9.17, 15) is 0 Å². The Bertz CT molecular complexity index is 976. The lowest BCUT2D eigenvalue weighted by Crippen LogP contribution is -2.10. The number of hydrogen-bond donors (Lipinski definition) is 0. The molecule has 0 heteroatoms. The predicted octanol–water partition coefficient (Wildman–Crippen LogP) is 5.78. The third kappa shape index (κ3) is 4.89. The molecule has 126 valence electrons. The molecule has 0 aliphatic rings. The minimum Gasteiger partial charge on any atom is -0.0622 e. The van der Waals surface area contributed by atoms with Crippen LogP contribution in [0.25, 0.3) is 0 Å². The van der Waals surface area contributed by atoms with Gasteiger partial charge in [-0.05, 0) is 59.5 Å². The van der Waals surface area contributed by atoms with Crippen molar-refractivity contribution in [1.82, 2.24) is 0 Å². The highest BCUT2D eigenvalue weighted by atomic mass is 14.2. The molecule has 0 radical (unpaired) electrons. The molecule has 0 saturated carbocycles. The molecule has 0 fully saturated rings. The Labute approximate surface area is 156 Å². The van der Waals surface area contributed by atoms with Gasteiger partial charge in [0.15, 0.2) is 0 Å². The fourth-order valence-electron chi connectivity index (χ4n) is 2.50. The normalized spacial score (nSPS) is 10.3. The van der Waals surface area contributed by atoms with Crippen molar-refractivity contribution >= 4 is 0 Å². The van der Waals surface area contributed by atoms with Crippen LogP contribution >= 0.6 is 0 Å². The van der Waals surface area contributed by atoms with Crippen molar-refractivity contribution in [3.63, 3.8) is 0 Å². The van der Waals surface area contributed by atoms with Crippen LogP contribution in [0.3, 0.4) is 0 Å². The lowest BCUT2D eigenvalue weighted by Gasteiger charge is -2.18. The van der Waals surface area contributed by atoms with Crippen LogP contribution in [0.4, 0.5) is 0 Å². The number of hydrogen-bond acceptors (Lipinski definition) is 0. The molecule has 3 rings (SSSR count). The molecule has 3 aromatic carbocycles. The van der Waals surface area contributed by atoms with E-state index in [4.69, 9.17) is 0 Å². The van der Waals surface area contributed by atoms with E-state index in [-0.39, 0.29) is 5.41 Å². The van der Waals surface area contributed by atoms with Crippen molar-refractivity contribution in [2.45, 2.75) is 26.2 Å². The molecule has 0 amide bonds. The maximum absolute atomic E-state index is 3.23. The van der Waals surface area contributed by atoms with Crippen LogP contribution in [0.5, 0.6) is 0 Å². The average molecular weight is 334 g/mol. The zero-order valence-corrected chi connectivity index (χ0v) is 15.5. The van der Waals surface area contributed by atoms with Gasteiger partial charge in [-0.1, -0.05) is 74.8 Å². The van der Waals surface area contributed by atoms with E-state index in [1.807, 2.05) is 54.6 Å². The molecule has 0 heterocycles. The zero-order valence-electron chi connectivity index (χ0n) is 15.5. The third-order valence-corrected chi connectivity index (χ3v) is 4.11. The molecular weight excluding hydrogens is 312 g/mol. The minimum absolute atomic E-state index is 0.169. The van der Waals surface area contributed by atoms with Crippen LogP contribution in [0.1, 0.15) is 48.6 Å². The first-order valence-corrected chi connectivity index (χ1v) is 8.80. The summed E-state index contributed by atoms with van der Waals surface area (Å²) in [7, 11) is 0. The van der Waals surface area contributed by atoms with Gasteiger partial charge in [-0.3, -0.25) is 0 Å². The van der Waals surface area contributed by atoms with Gasteiger partial charge >= 0.3 is 0 Å². The lowest BCUT2D eigenvalue weighted by molar-refractivity contribution is 0.590. The first kappa shape index (κ1) is 17.6. The molecule has 0 spiro atoms. The molecule has 0 aromatic heterocycles. The Morgan fingerprint density at radius 3 is 1.19 bits per heavy atom. The van der Waals surface area contributed by atoms with Gasteiger partial charge in [0.2, 0.25) is 0 Å². The summed E-state index contributed by atoms with van der Waals surface area (Å²) < 4.78 is 0. The summed E-state index contributed by atoms with van der Waals surface area (Å²) >= 11 is 0. The van der Waals surface area contributed by atoms with Crippen LogP contribution in [-0.2, 0) is 5.41 Å². The van der Waals surface area contributed by atoms with Gasteiger partial charge in [0.05, 0.1) is 0 Å². The Hall–Kier alpha value is -3.22. The van der Waals surface area contributed by atoms with Gasteiger partial charge in [-0.2, -0.15) is 0 Å². The molecule has 0 aliphatic carbocycles. The second-order valence-electron chi connectivity index (χ2n) is 7.27. The van der Waals surface area contributed by atoms with Crippen LogP contribution in [0.15, 0.2) is 78.9 Å². The van der Waals surface area contributed by atoms with Gasteiger partial charge in [0.1, 0.15) is 0 Å². The molecule has 0 saturated heterocycles. The highest BCUT2D eigenvalue weighted by Crippen LogP contribution is 2.21. The Morgan fingerprint density at radius 1 is 0.462 bits per heavy atom. The first-order chi connectivity index (χ1) is 12.5. The molecule has 0 N–H and O–H groups in total. The van der Waals surface area contributed by atoms with E-state index in [2.05, 4.69) is 68.7 Å². The quantitative estimate of drug-likeness (QED) is 0.457. The first-order valence-electron chi connectivity index (χ1n) is 8.80. The van der Waals surface area contributed by atoms with E-state index in [1.165, 1.54) is 5.56 Å². The summed E-state index contributed by atoms with van der Waals surface area (Å²) in [5.74, 6) is 12.8. The zero-order chi connectivity index (χ0) is 18.4. The van der Waals surface area contributed by atoms with Crippen molar-refractivity contribution in [3.05, 3.63) is 107 Å².